The van der Waals surface area contributed by atoms with Gasteiger partial charge in [-0.3, -0.25) is 14.0 Å². The van der Waals surface area contributed by atoms with Gasteiger partial charge in [0.15, 0.2) is 0 Å². The molecule has 0 aromatic carbocycles. The zero-order valence-electron chi connectivity index (χ0n) is 13.7. The molecule has 1 atom stereocenters. The third-order valence-corrected chi connectivity index (χ3v) is 5.87. The molecule has 1 unspecified atom stereocenters. The molecule has 3 aromatic heterocycles. The number of aromatic nitrogens is 4. The fourth-order valence-electron chi connectivity index (χ4n) is 3.51. The van der Waals surface area contributed by atoms with E-state index in [-0.39, 0.29) is 11.6 Å². The second kappa shape index (κ2) is 5.30. The van der Waals surface area contributed by atoms with Crippen LogP contribution in [0.15, 0.2) is 17.2 Å². The summed E-state index contributed by atoms with van der Waals surface area (Å²) >= 11 is 1.69. The molecule has 0 radical (unpaired) electrons. The number of nitrogens with zero attached hydrogens (tertiary/aromatic N) is 4. The molecule has 4 rings (SSSR count). The second-order valence-electron chi connectivity index (χ2n) is 6.45. The standard InChI is InChI=1S/C17H20N4OS/c1-10-7-11(2)21(19-10)8-12(3)20-9-18-16-15(17(20)22)13-5-4-6-14(13)23-16/h7,9,12H,4-6,8H2,1-3H3. The second-order valence-corrected chi connectivity index (χ2v) is 7.54. The van der Waals surface area contributed by atoms with Gasteiger partial charge in [0.05, 0.1) is 30.0 Å². The lowest BCUT2D eigenvalue weighted by Crippen LogP contribution is -2.27. The van der Waals surface area contributed by atoms with Crippen molar-refractivity contribution in [2.75, 3.05) is 0 Å². The first-order chi connectivity index (χ1) is 11.0. The predicted octanol–water partition coefficient (Wildman–Crippen LogP) is 3.02. The number of hydrogen-bond donors (Lipinski definition) is 0. The Kier molecular flexibility index (Phi) is 3.37. The van der Waals surface area contributed by atoms with Crippen molar-refractivity contribution >= 4 is 21.6 Å². The third-order valence-electron chi connectivity index (χ3n) is 4.67. The van der Waals surface area contributed by atoms with Crippen LogP contribution >= 0.6 is 11.3 Å². The average molecular weight is 328 g/mol. The molecule has 1 aliphatic carbocycles. The van der Waals surface area contributed by atoms with E-state index in [4.69, 9.17) is 0 Å². The van der Waals surface area contributed by atoms with E-state index >= 15 is 0 Å². The summed E-state index contributed by atoms with van der Waals surface area (Å²) < 4.78 is 3.73. The molecule has 1 aliphatic rings. The maximum absolute atomic E-state index is 13.0. The average Bonchev–Trinajstić information content (AvgIpc) is 3.14. The maximum Gasteiger partial charge on any atom is 0.262 e. The Hall–Kier alpha value is -1.95. The predicted molar refractivity (Wildman–Crippen MR) is 92.3 cm³/mol. The molecule has 23 heavy (non-hydrogen) atoms. The number of thiophene rings is 1. The molecule has 3 heterocycles. The Morgan fingerprint density at radius 2 is 2.17 bits per heavy atom. The van der Waals surface area contributed by atoms with Crippen molar-refractivity contribution in [1.82, 2.24) is 19.3 Å². The van der Waals surface area contributed by atoms with E-state index in [0.717, 1.165) is 40.9 Å². The zero-order chi connectivity index (χ0) is 16.1. The van der Waals surface area contributed by atoms with Crippen molar-refractivity contribution in [2.24, 2.45) is 0 Å². The van der Waals surface area contributed by atoms with Gasteiger partial charge in [-0.1, -0.05) is 0 Å². The van der Waals surface area contributed by atoms with Gasteiger partial charge in [-0.15, -0.1) is 11.3 Å². The van der Waals surface area contributed by atoms with Crippen molar-refractivity contribution in [3.05, 3.63) is 44.6 Å². The van der Waals surface area contributed by atoms with E-state index in [1.807, 2.05) is 18.5 Å². The Labute approximate surface area is 138 Å². The summed E-state index contributed by atoms with van der Waals surface area (Å²) in [5.74, 6) is 0. The van der Waals surface area contributed by atoms with Crippen molar-refractivity contribution in [1.29, 1.82) is 0 Å². The SMILES string of the molecule is Cc1cc(C)n(CC(C)n2cnc3sc4c(c3c2=O)CCC4)n1. The van der Waals surface area contributed by atoms with Gasteiger partial charge in [-0.2, -0.15) is 5.10 Å². The van der Waals surface area contributed by atoms with Crippen molar-refractivity contribution in [3.63, 3.8) is 0 Å². The van der Waals surface area contributed by atoms with Crippen LogP contribution in [-0.4, -0.2) is 19.3 Å². The van der Waals surface area contributed by atoms with Crippen LogP contribution < -0.4 is 5.56 Å². The maximum atomic E-state index is 13.0. The molecule has 0 aliphatic heterocycles. The van der Waals surface area contributed by atoms with E-state index < -0.39 is 0 Å². The number of aryl methyl sites for hydroxylation is 4. The van der Waals surface area contributed by atoms with Crippen LogP contribution in [0.4, 0.5) is 0 Å². The van der Waals surface area contributed by atoms with Gasteiger partial charge >= 0.3 is 0 Å². The minimum Gasteiger partial charge on any atom is -0.294 e. The molecule has 6 heteroatoms. The first-order valence-corrected chi connectivity index (χ1v) is 8.88. The summed E-state index contributed by atoms with van der Waals surface area (Å²) in [6.45, 7) is 6.77. The lowest BCUT2D eigenvalue weighted by Gasteiger charge is -2.16. The van der Waals surface area contributed by atoms with Crippen LogP contribution in [0.3, 0.4) is 0 Å². The molecule has 5 nitrogen and oxygen atoms in total. The van der Waals surface area contributed by atoms with Crippen molar-refractivity contribution in [3.8, 4) is 0 Å². The monoisotopic (exact) mass is 328 g/mol. The third kappa shape index (κ3) is 2.32. The summed E-state index contributed by atoms with van der Waals surface area (Å²) in [7, 11) is 0. The van der Waals surface area contributed by atoms with E-state index in [2.05, 4.69) is 23.1 Å². The van der Waals surface area contributed by atoms with Gasteiger partial charge in [0.1, 0.15) is 4.83 Å². The van der Waals surface area contributed by atoms with Gasteiger partial charge < -0.3 is 0 Å². The normalized spacial score (nSPS) is 15.3. The molecule has 0 saturated heterocycles. The molecule has 120 valence electrons. The number of hydrogen-bond acceptors (Lipinski definition) is 4. The van der Waals surface area contributed by atoms with Crippen molar-refractivity contribution < 1.29 is 0 Å². The molecular weight excluding hydrogens is 308 g/mol. The van der Waals surface area contributed by atoms with E-state index in [1.54, 1.807) is 22.2 Å². The van der Waals surface area contributed by atoms with Crippen molar-refractivity contribution in [2.45, 2.75) is 52.6 Å². The smallest absolute Gasteiger partial charge is 0.262 e. The van der Waals surface area contributed by atoms with Crippen LogP contribution in [0, 0.1) is 13.8 Å². The Bertz CT molecular complexity index is 950. The molecule has 0 saturated carbocycles. The largest absolute Gasteiger partial charge is 0.294 e. The van der Waals surface area contributed by atoms with Gasteiger partial charge in [0.25, 0.3) is 5.56 Å². The zero-order valence-corrected chi connectivity index (χ0v) is 14.5. The minimum atomic E-state index is 0.0225. The first-order valence-electron chi connectivity index (χ1n) is 8.07. The van der Waals surface area contributed by atoms with Crippen LogP contribution in [0.2, 0.25) is 0 Å². The molecule has 0 spiro atoms. The fourth-order valence-corrected chi connectivity index (χ4v) is 4.73. The molecule has 3 aromatic rings. The van der Waals surface area contributed by atoms with E-state index in [1.165, 1.54) is 10.4 Å². The highest BCUT2D eigenvalue weighted by Gasteiger charge is 2.22. The van der Waals surface area contributed by atoms with Crippen LogP contribution in [0.5, 0.6) is 0 Å². The molecule has 0 N–H and O–H groups in total. The molecule has 0 amide bonds. The quantitative estimate of drug-likeness (QED) is 0.742. The Morgan fingerprint density at radius 1 is 1.35 bits per heavy atom. The Balaban J connectivity index is 1.75. The molecule has 0 bridgehead atoms. The van der Waals surface area contributed by atoms with Crippen LogP contribution in [0.1, 0.15) is 41.2 Å². The highest BCUT2D eigenvalue weighted by molar-refractivity contribution is 7.18. The first kappa shape index (κ1) is 14.6. The highest BCUT2D eigenvalue weighted by atomic mass is 32.1. The number of rotatable bonds is 3. The lowest BCUT2D eigenvalue weighted by molar-refractivity contribution is 0.419. The van der Waals surface area contributed by atoms with E-state index in [9.17, 15) is 4.79 Å². The summed E-state index contributed by atoms with van der Waals surface area (Å²) in [5, 5.41) is 5.35. The summed E-state index contributed by atoms with van der Waals surface area (Å²) in [4.78, 5) is 19.8. The highest BCUT2D eigenvalue weighted by Crippen LogP contribution is 2.34. The summed E-state index contributed by atoms with van der Waals surface area (Å²) in [6.07, 6.45) is 4.97. The van der Waals surface area contributed by atoms with Gasteiger partial charge in [-0.25, -0.2) is 4.98 Å². The Morgan fingerprint density at radius 3 is 2.91 bits per heavy atom. The molecule has 0 fully saturated rings. The van der Waals surface area contributed by atoms with Crippen LogP contribution in [0.25, 0.3) is 10.2 Å². The number of fused-ring (bicyclic) bond motifs is 3. The van der Waals surface area contributed by atoms with Gasteiger partial charge in [0.2, 0.25) is 0 Å². The molecular formula is C17H20N4OS. The lowest BCUT2D eigenvalue weighted by atomic mass is 10.2. The summed E-state index contributed by atoms with van der Waals surface area (Å²) in [5.41, 5.74) is 3.47. The van der Waals surface area contributed by atoms with E-state index in [0.29, 0.717) is 6.54 Å². The summed E-state index contributed by atoms with van der Waals surface area (Å²) in [6, 6.07) is 2.08. The van der Waals surface area contributed by atoms with Crippen LogP contribution in [-0.2, 0) is 19.4 Å². The minimum absolute atomic E-state index is 0.0225. The van der Waals surface area contributed by atoms with Gasteiger partial charge in [-0.05, 0) is 51.7 Å². The fraction of sp³-hybridized carbons (Fsp3) is 0.471. The van der Waals surface area contributed by atoms with Gasteiger partial charge in [0, 0.05) is 10.6 Å². The topological polar surface area (TPSA) is 52.7 Å².